The molecule has 104 valence electrons. The summed E-state index contributed by atoms with van der Waals surface area (Å²) in [5, 5.41) is 9.27. The summed E-state index contributed by atoms with van der Waals surface area (Å²) in [5.41, 5.74) is 0.421. The number of nitrogens with zero attached hydrogens (tertiary/aromatic N) is 2. The van der Waals surface area contributed by atoms with Gasteiger partial charge in [-0.3, -0.25) is 9.69 Å². The summed E-state index contributed by atoms with van der Waals surface area (Å²) >= 11 is 4.67. The van der Waals surface area contributed by atoms with Gasteiger partial charge in [-0.2, -0.15) is 0 Å². The molecule has 1 aliphatic heterocycles. The van der Waals surface area contributed by atoms with Gasteiger partial charge in [0, 0.05) is 6.54 Å². The normalized spacial score (nSPS) is 27.9. The molecule has 2 aliphatic rings. The molecule has 1 amide bonds. The van der Waals surface area contributed by atoms with Gasteiger partial charge in [0.2, 0.25) is 0 Å². The first-order valence-corrected chi connectivity index (χ1v) is 7.84. The Bertz CT molecular complexity index is 786. The smallest absolute Gasteiger partial charge is 0.407 e. The topological polar surface area (TPSA) is 86.3 Å². The number of nitrogens with one attached hydrogen (secondary N) is 1. The molecule has 2 aromatic rings. The maximum Gasteiger partial charge on any atom is 0.407 e. The predicted molar refractivity (Wildman–Crippen MR) is 77.0 cm³/mol. The third-order valence-electron chi connectivity index (χ3n) is 4.05. The van der Waals surface area contributed by atoms with Crippen molar-refractivity contribution in [1.82, 2.24) is 14.9 Å². The number of H-pyrrole nitrogens is 1. The average Bonchev–Trinajstić information content (AvgIpc) is 2.86. The molecule has 2 fully saturated rings. The Morgan fingerprint density at radius 3 is 3.15 bits per heavy atom. The second-order valence-corrected chi connectivity index (χ2v) is 7.69. The molecule has 3 heterocycles. The van der Waals surface area contributed by atoms with Crippen LogP contribution in [0.25, 0.3) is 10.2 Å². The maximum absolute atomic E-state index is 12.1. The number of carboxylic acid groups (broad SMARTS) is 1. The molecule has 0 radical (unpaired) electrons. The van der Waals surface area contributed by atoms with Crippen molar-refractivity contribution in [2.24, 2.45) is 11.8 Å². The minimum Gasteiger partial charge on any atom is -0.465 e. The van der Waals surface area contributed by atoms with Crippen LogP contribution < -0.4 is 5.56 Å². The molecule has 20 heavy (non-hydrogen) atoms. The molecule has 1 aliphatic carbocycles. The number of piperidine rings is 1. The van der Waals surface area contributed by atoms with Crippen molar-refractivity contribution in [3.63, 3.8) is 0 Å². The molecule has 4 rings (SSSR count). The zero-order valence-electron chi connectivity index (χ0n) is 10.2. The summed E-state index contributed by atoms with van der Waals surface area (Å²) in [6, 6.07) is 1.48. The van der Waals surface area contributed by atoms with Crippen LogP contribution in [0.5, 0.6) is 0 Å². The lowest BCUT2D eigenvalue weighted by molar-refractivity contribution is 0.129. The SMILES string of the molecule is O=C(O)N1C[C@H]2CC2C1c1nc2cc(Br)sc2c(=O)[nH]1. The van der Waals surface area contributed by atoms with Crippen molar-refractivity contribution in [1.29, 1.82) is 0 Å². The summed E-state index contributed by atoms with van der Waals surface area (Å²) in [4.78, 5) is 32.0. The van der Waals surface area contributed by atoms with Crippen LogP contribution in [0.1, 0.15) is 18.3 Å². The van der Waals surface area contributed by atoms with Crippen molar-refractivity contribution >= 4 is 43.6 Å². The van der Waals surface area contributed by atoms with E-state index in [-0.39, 0.29) is 11.6 Å². The van der Waals surface area contributed by atoms with Crippen LogP contribution >= 0.6 is 27.3 Å². The molecule has 0 spiro atoms. The van der Waals surface area contributed by atoms with E-state index >= 15 is 0 Å². The minimum absolute atomic E-state index is 0.199. The number of rotatable bonds is 1. The van der Waals surface area contributed by atoms with Gasteiger partial charge in [0.25, 0.3) is 5.56 Å². The van der Waals surface area contributed by atoms with Crippen LogP contribution in [0.2, 0.25) is 0 Å². The summed E-state index contributed by atoms with van der Waals surface area (Å²) < 4.78 is 1.40. The van der Waals surface area contributed by atoms with Gasteiger partial charge in [0.15, 0.2) is 0 Å². The van der Waals surface area contributed by atoms with E-state index in [4.69, 9.17) is 0 Å². The lowest BCUT2D eigenvalue weighted by Crippen LogP contribution is -2.33. The van der Waals surface area contributed by atoms with Crippen molar-refractivity contribution in [2.45, 2.75) is 12.5 Å². The third kappa shape index (κ3) is 1.71. The van der Waals surface area contributed by atoms with Gasteiger partial charge in [0.05, 0.1) is 15.3 Å². The van der Waals surface area contributed by atoms with E-state index in [2.05, 4.69) is 25.9 Å². The van der Waals surface area contributed by atoms with Gasteiger partial charge in [-0.15, -0.1) is 11.3 Å². The molecule has 1 saturated carbocycles. The first-order valence-electron chi connectivity index (χ1n) is 6.23. The van der Waals surface area contributed by atoms with E-state index < -0.39 is 6.09 Å². The Hall–Kier alpha value is -1.41. The third-order valence-corrected chi connectivity index (χ3v) is 5.67. The fraction of sp³-hybridized carbons (Fsp3) is 0.417. The summed E-state index contributed by atoms with van der Waals surface area (Å²) in [5.74, 6) is 1.19. The van der Waals surface area contributed by atoms with Crippen molar-refractivity contribution in [3.8, 4) is 0 Å². The van der Waals surface area contributed by atoms with E-state index in [0.717, 1.165) is 10.2 Å². The number of amides is 1. The fourth-order valence-corrected chi connectivity index (χ4v) is 4.50. The van der Waals surface area contributed by atoms with E-state index in [1.54, 1.807) is 6.07 Å². The van der Waals surface area contributed by atoms with Gasteiger partial charge < -0.3 is 10.1 Å². The highest BCUT2D eigenvalue weighted by molar-refractivity contribution is 9.11. The van der Waals surface area contributed by atoms with E-state index in [9.17, 15) is 14.7 Å². The highest BCUT2D eigenvalue weighted by Gasteiger charge is 2.55. The Morgan fingerprint density at radius 2 is 2.40 bits per heavy atom. The lowest BCUT2D eigenvalue weighted by Gasteiger charge is -2.23. The number of likely N-dealkylation sites (tertiary alicyclic amines) is 1. The number of hydrogen-bond acceptors (Lipinski definition) is 4. The maximum atomic E-state index is 12.1. The van der Waals surface area contributed by atoms with Crippen LogP contribution in [0.15, 0.2) is 14.6 Å². The average molecular weight is 356 g/mol. The van der Waals surface area contributed by atoms with Crippen LogP contribution in [-0.2, 0) is 0 Å². The first kappa shape index (κ1) is 12.3. The number of aromatic amines is 1. The van der Waals surface area contributed by atoms with E-state index in [1.165, 1.54) is 16.2 Å². The summed E-state index contributed by atoms with van der Waals surface area (Å²) in [7, 11) is 0. The first-order chi connectivity index (χ1) is 9.54. The second kappa shape index (κ2) is 4.05. The molecule has 6 nitrogen and oxygen atoms in total. The largest absolute Gasteiger partial charge is 0.465 e. The molecule has 0 aromatic carbocycles. The second-order valence-electron chi connectivity index (χ2n) is 5.26. The Morgan fingerprint density at radius 1 is 1.60 bits per heavy atom. The fourth-order valence-electron chi connectivity index (χ4n) is 3.08. The lowest BCUT2D eigenvalue weighted by atomic mass is 10.1. The predicted octanol–water partition coefficient (Wildman–Crippen LogP) is 2.42. The monoisotopic (exact) mass is 355 g/mol. The molecule has 2 aromatic heterocycles. The number of thiophene rings is 1. The Balaban J connectivity index is 1.85. The van der Waals surface area contributed by atoms with E-state index in [0.29, 0.717) is 34.4 Å². The van der Waals surface area contributed by atoms with E-state index in [1.807, 2.05) is 0 Å². The molecule has 2 unspecified atom stereocenters. The van der Waals surface area contributed by atoms with Crippen molar-refractivity contribution in [2.75, 3.05) is 6.54 Å². The summed E-state index contributed by atoms with van der Waals surface area (Å²) in [6.07, 6.45) is 0.0697. The van der Waals surface area contributed by atoms with Crippen LogP contribution in [0, 0.1) is 11.8 Å². The highest BCUT2D eigenvalue weighted by atomic mass is 79.9. The zero-order valence-corrected chi connectivity index (χ0v) is 12.6. The van der Waals surface area contributed by atoms with Crippen molar-refractivity contribution in [3.05, 3.63) is 26.0 Å². The number of aromatic nitrogens is 2. The van der Waals surface area contributed by atoms with Gasteiger partial charge in [-0.25, -0.2) is 9.78 Å². The number of hydrogen-bond donors (Lipinski definition) is 2. The van der Waals surface area contributed by atoms with Gasteiger partial charge in [0.1, 0.15) is 10.5 Å². The Labute approximate surface area is 125 Å². The molecule has 2 N–H and O–H groups in total. The minimum atomic E-state index is -0.948. The number of carbonyl (C=O) groups is 1. The van der Waals surface area contributed by atoms with Crippen LogP contribution in [-0.4, -0.2) is 32.6 Å². The van der Waals surface area contributed by atoms with Gasteiger partial charge >= 0.3 is 6.09 Å². The molecule has 3 atom stereocenters. The zero-order chi connectivity index (χ0) is 14.0. The van der Waals surface area contributed by atoms with Gasteiger partial charge in [-0.05, 0) is 40.3 Å². The quantitative estimate of drug-likeness (QED) is 0.822. The molecule has 1 saturated heterocycles. The number of fused-ring (bicyclic) bond motifs is 2. The highest BCUT2D eigenvalue weighted by Crippen LogP contribution is 2.55. The molecular formula is C12H10BrN3O3S. The molecule has 8 heteroatoms. The van der Waals surface area contributed by atoms with Crippen LogP contribution in [0.3, 0.4) is 0 Å². The summed E-state index contributed by atoms with van der Waals surface area (Å²) in [6.45, 7) is 0.541. The molecular weight excluding hydrogens is 346 g/mol. The van der Waals surface area contributed by atoms with Gasteiger partial charge in [-0.1, -0.05) is 0 Å². The van der Waals surface area contributed by atoms with Crippen LogP contribution in [0.4, 0.5) is 4.79 Å². The Kier molecular flexibility index (Phi) is 2.50. The molecule has 0 bridgehead atoms. The number of halogens is 1. The standard InChI is InChI=1S/C12H10BrN3O3S/c13-7-2-6-9(20-7)11(17)15-10(14-6)8-5-1-4(5)3-16(8)12(18)19/h2,4-5,8H,1,3H2,(H,18,19)(H,14,15,17)/t4-,5?,8?/m1/s1. The van der Waals surface area contributed by atoms with Crippen molar-refractivity contribution < 1.29 is 9.90 Å².